The fraction of sp³-hybridized carbons (Fsp3) is 0.0588. The summed E-state index contributed by atoms with van der Waals surface area (Å²) < 4.78 is 66.1. The zero-order chi connectivity index (χ0) is 21.2. The van der Waals surface area contributed by atoms with Gasteiger partial charge in [-0.25, -0.2) is 9.71 Å². The van der Waals surface area contributed by atoms with Gasteiger partial charge >= 0.3 is 16.4 Å². The number of hydrogen-bond donors (Lipinski definition) is 2. The van der Waals surface area contributed by atoms with E-state index in [2.05, 4.69) is 9.71 Å². The summed E-state index contributed by atoms with van der Waals surface area (Å²) in [7, 11) is -4.21. The molecule has 1 heterocycles. The van der Waals surface area contributed by atoms with Crippen molar-refractivity contribution in [2.75, 3.05) is 4.72 Å². The molecule has 0 spiro atoms. The molecule has 0 unspecified atom stereocenters. The predicted molar refractivity (Wildman–Crippen MR) is 104 cm³/mol. The SMILES string of the molecule is O=C(NS(=O)(=O)Nc1ccc(Cl)cc1)c1cnc(-c2ccc(C(F)(F)F)cc2)s1. The van der Waals surface area contributed by atoms with Crippen LogP contribution in [0.3, 0.4) is 0 Å². The first-order valence-electron chi connectivity index (χ1n) is 7.77. The van der Waals surface area contributed by atoms with Crippen molar-refractivity contribution < 1.29 is 26.4 Å². The molecule has 0 saturated heterocycles. The molecule has 0 bridgehead atoms. The zero-order valence-electron chi connectivity index (χ0n) is 14.2. The highest BCUT2D eigenvalue weighted by molar-refractivity contribution is 7.91. The van der Waals surface area contributed by atoms with Crippen molar-refractivity contribution in [3.05, 3.63) is 70.2 Å². The molecule has 0 aliphatic carbocycles. The molecule has 3 rings (SSSR count). The molecule has 3 aromatic rings. The lowest BCUT2D eigenvalue weighted by Crippen LogP contribution is -2.34. The maximum Gasteiger partial charge on any atom is 0.416 e. The van der Waals surface area contributed by atoms with Crippen LogP contribution in [0, 0.1) is 0 Å². The monoisotopic (exact) mass is 461 g/mol. The van der Waals surface area contributed by atoms with Gasteiger partial charge in [-0.1, -0.05) is 23.7 Å². The molecule has 0 radical (unpaired) electrons. The lowest BCUT2D eigenvalue weighted by molar-refractivity contribution is -0.137. The van der Waals surface area contributed by atoms with Crippen LogP contribution < -0.4 is 9.44 Å². The maximum atomic E-state index is 12.6. The number of nitrogens with one attached hydrogen (secondary N) is 2. The highest BCUT2D eigenvalue weighted by atomic mass is 35.5. The summed E-state index contributed by atoms with van der Waals surface area (Å²) in [5.41, 5.74) is -0.246. The molecule has 2 N–H and O–H groups in total. The lowest BCUT2D eigenvalue weighted by Gasteiger charge is -2.08. The van der Waals surface area contributed by atoms with Crippen LogP contribution in [0.25, 0.3) is 10.6 Å². The molecule has 0 atom stereocenters. The Morgan fingerprint density at radius 2 is 1.66 bits per heavy atom. The molecule has 12 heteroatoms. The number of halogens is 4. The van der Waals surface area contributed by atoms with E-state index in [1.165, 1.54) is 36.4 Å². The van der Waals surface area contributed by atoms with Crippen LogP contribution >= 0.6 is 22.9 Å². The highest BCUT2D eigenvalue weighted by Gasteiger charge is 2.30. The maximum absolute atomic E-state index is 12.6. The molecule has 0 aliphatic heterocycles. The summed E-state index contributed by atoms with van der Waals surface area (Å²) in [6.45, 7) is 0. The second kappa shape index (κ2) is 8.01. The number of benzene rings is 2. The summed E-state index contributed by atoms with van der Waals surface area (Å²) in [6, 6.07) is 10.0. The number of nitrogens with zero attached hydrogens (tertiary/aromatic N) is 1. The molecule has 152 valence electrons. The number of amides is 1. The van der Waals surface area contributed by atoms with Gasteiger partial charge in [-0.05, 0) is 36.4 Å². The third-order valence-corrected chi connectivity index (χ3v) is 5.77. The van der Waals surface area contributed by atoms with Gasteiger partial charge in [-0.15, -0.1) is 11.3 Å². The van der Waals surface area contributed by atoms with Gasteiger partial charge in [0.15, 0.2) is 0 Å². The van der Waals surface area contributed by atoms with Gasteiger partial charge in [0.25, 0.3) is 5.91 Å². The quantitative estimate of drug-likeness (QED) is 0.582. The highest BCUT2D eigenvalue weighted by Crippen LogP contribution is 2.32. The first-order valence-corrected chi connectivity index (χ1v) is 10.5. The van der Waals surface area contributed by atoms with Crippen LogP contribution in [0.15, 0.2) is 54.7 Å². The molecule has 0 aliphatic rings. The van der Waals surface area contributed by atoms with Crippen LogP contribution in [-0.4, -0.2) is 19.3 Å². The van der Waals surface area contributed by atoms with E-state index in [1.54, 1.807) is 0 Å². The molecule has 2 aromatic carbocycles. The number of aromatic nitrogens is 1. The molecule has 1 amide bonds. The summed E-state index contributed by atoms with van der Waals surface area (Å²) >= 11 is 6.57. The average Bonchev–Trinajstić information content (AvgIpc) is 3.13. The fourth-order valence-corrected chi connectivity index (χ4v) is 4.04. The minimum Gasteiger partial charge on any atom is -0.267 e. The number of carbonyl (C=O) groups is 1. The largest absolute Gasteiger partial charge is 0.416 e. The molecule has 1 aromatic heterocycles. The van der Waals surface area contributed by atoms with E-state index in [0.29, 0.717) is 10.6 Å². The van der Waals surface area contributed by atoms with Gasteiger partial charge in [0.2, 0.25) is 0 Å². The second-order valence-corrected chi connectivity index (χ2v) is 8.53. The number of alkyl halides is 3. The van der Waals surface area contributed by atoms with Gasteiger partial charge in [0.1, 0.15) is 9.88 Å². The number of anilines is 1. The summed E-state index contributed by atoms with van der Waals surface area (Å²) in [6.07, 6.45) is -3.32. The van der Waals surface area contributed by atoms with Crippen molar-refractivity contribution in [2.24, 2.45) is 0 Å². The summed E-state index contributed by atoms with van der Waals surface area (Å²) in [5.74, 6) is -0.929. The van der Waals surface area contributed by atoms with E-state index in [0.717, 1.165) is 29.7 Å². The Bertz CT molecular complexity index is 1130. The smallest absolute Gasteiger partial charge is 0.267 e. The van der Waals surface area contributed by atoms with Gasteiger partial charge in [0, 0.05) is 10.6 Å². The van der Waals surface area contributed by atoms with Crippen molar-refractivity contribution in [2.45, 2.75) is 6.18 Å². The van der Waals surface area contributed by atoms with Crippen LogP contribution in [0.5, 0.6) is 0 Å². The van der Waals surface area contributed by atoms with Crippen molar-refractivity contribution in [3.63, 3.8) is 0 Å². The van der Waals surface area contributed by atoms with E-state index in [1.807, 2.05) is 4.72 Å². The molecular formula is C17H11ClF3N3O3S2. The van der Waals surface area contributed by atoms with Crippen molar-refractivity contribution in [1.29, 1.82) is 0 Å². The third-order valence-electron chi connectivity index (χ3n) is 3.51. The Balaban J connectivity index is 1.71. The molecule has 6 nitrogen and oxygen atoms in total. The standard InChI is InChI=1S/C17H11ClF3N3O3S2/c18-12-5-7-13(8-6-12)23-29(26,27)24-15(25)14-9-22-16(28-14)10-1-3-11(4-2-10)17(19,20)21/h1-9,23H,(H,24,25). The lowest BCUT2D eigenvalue weighted by atomic mass is 10.1. The minimum atomic E-state index is -4.46. The van der Waals surface area contributed by atoms with Crippen LogP contribution in [0.4, 0.5) is 18.9 Å². The predicted octanol–water partition coefficient (Wildman–Crippen LogP) is 4.57. The Morgan fingerprint density at radius 3 is 2.24 bits per heavy atom. The Labute approximate surface area is 172 Å². The third kappa shape index (κ3) is 5.46. The van der Waals surface area contributed by atoms with E-state index < -0.39 is 27.9 Å². The van der Waals surface area contributed by atoms with Gasteiger partial charge < -0.3 is 0 Å². The van der Waals surface area contributed by atoms with Crippen molar-refractivity contribution in [3.8, 4) is 10.6 Å². The van der Waals surface area contributed by atoms with E-state index in [-0.39, 0.29) is 15.6 Å². The minimum absolute atomic E-state index is 0.0265. The van der Waals surface area contributed by atoms with Gasteiger partial charge in [0.05, 0.1) is 17.4 Å². The fourth-order valence-electron chi connectivity index (χ4n) is 2.19. The number of carbonyl (C=O) groups excluding carboxylic acids is 1. The Kier molecular flexibility index (Phi) is 5.82. The molecule has 0 saturated carbocycles. The molecule has 29 heavy (non-hydrogen) atoms. The summed E-state index contributed by atoms with van der Waals surface area (Å²) in [4.78, 5) is 16.1. The number of rotatable bonds is 5. The van der Waals surface area contributed by atoms with E-state index in [9.17, 15) is 26.4 Å². The zero-order valence-corrected chi connectivity index (χ0v) is 16.6. The second-order valence-electron chi connectivity index (χ2n) is 5.65. The van der Waals surface area contributed by atoms with E-state index >= 15 is 0 Å². The van der Waals surface area contributed by atoms with E-state index in [4.69, 9.17) is 11.6 Å². The summed E-state index contributed by atoms with van der Waals surface area (Å²) in [5, 5.41) is 0.685. The normalized spacial score (nSPS) is 11.9. The number of thiazole rings is 1. The van der Waals surface area contributed by atoms with Crippen molar-refractivity contribution in [1.82, 2.24) is 9.71 Å². The first kappa shape index (κ1) is 21.1. The molecule has 0 fully saturated rings. The topological polar surface area (TPSA) is 88.2 Å². The van der Waals surface area contributed by atoms with Crippen LogP contribution in [0.2, 0.25) is 5.02 Å². The number of hydrogen-bond acceptors (Lipinski definition) is 5. The average molecular weight is 462 g/mol. The molecular weight excluding hydrogens is 451 g/mol. The van der Waals surface area contributed by atoms with Crippen molar-refractivity contribution >= 4 is 44.7 Å². The first-order chi connectivity index (χ1) is 13.5. The van der Waals surface area contributed by atoms with Crippen LogP contribution in [0.1, 0.15) is 15.2 Å². The Morgan fingerprint density at radius 1 is 1.03 bits per heavy atom. The Hall–Kier alpha value is -2.63. The van der Waals surface area contributed by atoms with Crippen LogP contribution in [-0.2, 0) is 16.4 Å². The van der Waals surface area contributed by atoms with Gasteiger partial charge in [-0.2, -0.15) is 21.6 Å². The van der Waals surface area contributed by atoms with Gasteiger partial charge in [-0.3, -0.25) is 9.52 Å².